The van der Waals surface area contributed by atoms with Gasteiger partial charge in [0.2, 0.25) is 0 Å². The Bertz CT molecular complexity index is 179. The summed E-state index contributed by atoms with van der Waals surface area (Å²) < 4.78 is 5.76. The van der Waals surface area contributed by atoms with Gasteiger partial charge in [-0.05, 0) is 6.42 Å². The molecule has 1 aliphatic rings. The topological polar surface area (TPSA) is 26.3 Å². The lowest BCUT2D eigenvalue weighted by Crippen LogP contribution is -2.03. The van der Waals surface area contributed by atoms with Gasteiger partial charge >= 0.3 is 5.97 Å². The van der Waals surface area contributed by atoms with E-state index in [9.17, 15) is 4.79 Å². The van der Waals surface area contributed by atoms with Crippen LogP contribution in [0.3, 0.4) is 0 Å². The zero-order valence-corrected chi connectivity index (χ0v) is 7.96. The molecule has 4 heteroatoms. The molecule has 0 spiro atoms. The van der Waals surface area contributed by atoms with E-state index in [1.165, 1.54) is 0 Å². The molecular weight excluding hydrogens is 180 g/mol. The molecule has 1 saturated heterocycles. The summed E-state index contributed by atoms with van der Waals surface area (Å²) in [6.07, 6.45) is 1.41. The van der Waals surface area contributed by atoms with Gasteiger partial charge in [0.05, 0.1) is 11.7 Å². The summed E-state index contributed by atoms with van der Waals surface area (Å²) in [6.45, 7) is 2.55. The van der Waals surface area contributed by atoms with Crippen LogP contribution in [0.1, 0.15) is 19.8 Å². The highest BCUT2D eigenvalue weighted by Gasteiger charge is 2.24. The number of carbonyl (C=O) groups is 1. The molecule has 1 heterocycles. The minimum atomic E-state index is -0.0959. The number of thioether (sulfide) groups is 1. The lowest BCUT2D eigenvalue weighted by atomic mass is 10.4. The number of esters is 1. The van der Waals surface area contributed by atoms with Crippen molar-refractivity contribution in [3.63, 3.8) is 0 Å². The number of hydrogen-bond acceptors (Lipinski definition) is 4. The quantitative estimate of drug-likeness (QED) is 0.490. The van der Waals surface area contributed by atoms with Gasteiger partial charge in [-0.25, -0.2) is 0 Å². The third-order valence-electron chi connectivity index (χ3n) is 1.41. The molecule has 1 aliphatic heterocycles. The Hall–Kier alpha value is -0.0900. The second-order valence-corrected chi connectivity index (χ2v) is 4.50. The van der Waals surface area contributed by atoms with Gasteiger partial charge in [-0.2, -0.15) is 0 Å². The van der Waals surface area contributed by atoms with E-state index in [4.69, 9.17) is 17.0 Å². The SMILES string of the molecule is CCC(=S)SC1COC(=O)C1. The van der Waals surface area contributed by atoms with Crippen molar-refractivity contribution in [1.29, 1.82) is 0 Å². The fraction of sp³-hybridized carbons (Fsp3) is 0.714. The third kappa shape index (κ3) is 2.79. The smallest absolute Gasteiger partial charge is 0.307 e. The normalized spacial score (nSPS) is 23.4. The zero-order valence-electron chi connectivity index (χ0n) is 6.33. The van der Waals surface area contributed by atoms with Crippen LogP contribution < -0.4 is 0 Å². The van der Waals surface area contributed by atoms with Crippen LogP contribution in [-0.2, 0) is 9.53 Å². The van der Waals surface area contributed by atoms with Crippen molar-refractivity contribution >= 4 is 34.1 Å². The van der Waals surface area contributed by atoms with Crippen molar-refractivity contribution in [1.82, 2.24) is 0 Å². The molecule has 0 amide bonds. The summed E-state index contributed by atoms with van der Waals surface area (Å²) >= 11 is 6.62. The molecule has 11 heavy (non-hydrogen) atoms. The number of rotatable bonds is 2. The van der Waals surface area contributed by atoms with Crippen LogP contribution >= 0.6 is 24.0 Å². The first-order valence-corrected chi connectivity index (χ1v) is 4.86. The first kappa shape index (κ1) is 9.00. The molecule has 0 bridgehead atoms. The molecule has 62 valence electrons. The van der Waals surface area contributed by atoms with Crippen LogP contribution in [0.15, 0.2) is 0 Å². The van der Waals surface area contributed by atoms with Crippen LogP contribution in [0.4, 0.5) is 0 Å². The van der Waals surface area contributed by atoms with Gasteiger partial charge in [0, 0.05) is 4.20 Å². The largest absolute Gasteiger partial charge is 0.464 e. The van der Waals surface area contributed by atoms with E-state index in [-0.39, 0.29) is 11.2 Å². The van der Waals surface area contributed by atoms with Crippen molar-refractivity contribution in [2.24, 2.45) is 0 Å². The molecule has 2 nitrogen and oxygen atoms in total. The number of thiocarbonyl (C=S) groups is 1. The number of carbonyl (C=O) groups excluding carboxylic acids is 1. The molecule has 0 aromatic rings. The van der Waals surface area contributed by atoms with Crippen molar-refractivity contribution in [3.05, 3.63) is 0 Å². The van der Waals surface area contributed by atoms with Crippen LogP contribution in [0, 0.1) is 0 Å². The lowest BCUT2D eigenvalue weighted by molar-refractivity contribution is -0.137. The molecule has 1 atom stereocenters. The molecule has 0 aliphatic carbocycles. The van der Waals surface area contributed by atoms with E-state index in [1.54, 1.807) is 11.8 Å². The van der Waals surface area contributed by atoms with Crippen molar-refractivity contribution in [2.45, 2.75) is 25.0 Å². The summed E-state index contributed by atoms with van der Waals surface area (Å²) in [4.78, 5) is 10.6. The Labute approximate surface area is 75.7 Å². The Morgan fingerprint density at radius 3 is 3.09 bits per heavy atom. The molecule has 0 N–H and O–H groups in total. The Morgan fingerprint density at radius 1 is 1.91 bits per heavy atom. The maximum Gasteiger partial charge on any atom is 0.307 e. The first-order chi connectivity index (χ1) is 5.22. The highest BCUT2D eigenvalue weighted by atomic mass is 32.2. The van der Waals surface area contributed by atoms with Gasteiger partial charge in [0.1, 0.15) is 6.61 Å². The summed E-state index contributed by atoms with van der Waals surface area (Å²) in [5.41, 5.74) is 0. The summed E-state index contributed by atoms with van der Waals surface area (Å²) in [5.74, 6) is -0.0959. The van der Waals surface area contributed by atoms with Crippen LogP contribution in [0.2, 0.25) is 0 Å². The van der Waals surface area contributed by atoms with Gasteiger partial charge < -0.3 is 4.74 Å². The molecule has 0 radical (unpaired) electrons. The lowest BCUT2D eigenvalue weighted by Gasteiger charge is -2.03. The van der Waals surface area contributed by atoms with E-state index in [1.807, 2.05) is 6.92 Å². The van der Waals surface area contributed by atoms with Crippen molar-refractivity contribution < 1.29 is 9.53 Å². The van der Waals surface area contributed by atoms with E-state index >= 15 is 0 Å². The maximum absolute atomic E-state index is 10.6. The molecule has 0 saturated carbocycles. The maximum atomic E-state index is 10.6. The standard InChI is InChI=1S/C7H10O2S2/c1-2-7(10)11-5-3-6(8)9-4-5/h5H,2-4H2,1H3. The Morgan fingerprint density at radius 2 is 2.64 bits per heavy atom. The molecule has 1 rings (SSSR count). The van der Waals surface area contributed by atoms with E-state index < -0.39 is 0 Å². The van der Waals surface area contributed by atoms with E-state index in [2.05, 4.69) is 0 Å². The minimum Gasteiger partial charge on any atom is -0.464 e. The number of hydrogen-bond donors (Lipinski definition) is 0. The zero-order chi connectivity index (χ0) is 8.27. The van der Waals surface area contributed by atoms with Crippen molar-refractivity contribution in [2.75, 3.05) is 6.61 Å². The van der Waals surface area contributed by atoms with Gasteiger partial charge in [0.25, 0.3) is 0 Å². The van der Waals surface area contributed by atoms with Gasteiger partial charge in [-0.3, -0.25) is 4.79 Å². The van der Waals surface area contributed by atoms with Crippen LogP contribution in [0.25, 0.3) is 0 Å². The molecular formula is C7H10O2S2. The summed E-state index contributed by atoms with van der Waals surface area (Å²) in [7, 11) is 0. The monoisotopic (exact) mass is 190 g/mol. The third-order valence-corrected chi connectivity index (χ3v) is 3.18. The average Bonchev–Trinajstić information content (AvgIpc) is 2.35. The fourth-order valence-electron chi connectivity index (χ4n) is 0.835. The van der Waals surface area contributed by atoms with Crippen LogP contribution in [-0.4, -0.2) is 22.0 Å². The second kappa shape index (κ2) is 4.07. The van der Waals surface area contributed by atoms with E-state index in [0.717, 1.165) is 10.6 Å². The predicted molar refractivity (Wildman–Crippen MR) is 49.8 cm³/mol. The van der Waals surface area contributed by atoms with Crippen LogP contribution in [0.5, 0.6) is 0 Å². The molecule has 1 unspecified atom stereocenters. The number of cyclic esters (lactones) is 1. The van der Waals surface area contributed by atoms with Gasteiger partial charge in [-0.1, -0.05) is 19.1 Å². The highest BCUT2D eigenvalue weighted by molar-refractivity contribution is 8.23. The van der Waals surface area contributed by atoms with Crippen molar-refractivity contribution in [3.8, 4) is 0 Å². The molecule has 0 aromatic carbocycles. The van der Waals surface area contributed by atoms with Gasteiger partial charge in [-0.15, -0.1) is 11.8 Å². The summed E-state index contributed by atoms with van der Waals surface area (Å²) in [5, 5.41) is 0.273. The van der Waals surface area contributed by atoms with Gasteiger partial charge in [0.15, 0.2) is 0 Å². The molecule has 1 fully saturated rings. The second-order valence-electron chi connectivity index (χ2n) is 2.35. The molecule has 0 aromatic heterocycles. The number of ether oxygens (including phenoxy) is 1. The summed E-state index contributed by atoms with van der Waals surface area (Å²) in [6, 6.07) is 0. The fourth-order valence-corrected chi connectivity index (χ4v) is 2.14. The average molecular weight is 190 g/mol. The van der Waals surface area contributed by atoms with E-state index in [0.29, 0.717) is 13.0 Å². The predicted octanol–water partition coefficient (Wildman–Crippen LogP) is 1.77. The first-order valence-electron chi connectivity index (χ1n) is 3.57. The Balaban J connectivity index is 2.28. The highest BCUT2D eigenvalue weighted by Crippen LogP contribution is 2.23. The minimum absolute atomic E-state index is 0.0959. The Kier molecular flexibility index (Phi) is 3.33.